The third-order valence-electron chi connectivity index (χ3n) is 11.2. The highest BCUT2D eigenvalue weighted by Crippen LogP contribution is 2.32. The van der Waals surface area contributed by atoms with Gasteiger partial charge < -0.3 is 56.4 Å². The Labute approximate surface area is 415 Å². The number of hydrogen-bond acceptors (Lipinski definition) is 13. The summed E-state index contributed by atoms with van der Waals surface area (Å²) >= 11 is 0. The smallest absolute Gasteiger partial charge is 0.405 e. The molecule has 23 heteroatoms. The van der Waals surface area contributed by atoms with E-state index in [1.165, 1.54) is 12.2 Å². The quantitative estimate of drug-likeness (QED) is 0.0296. The molecule has 0 spiro atoms. The van der Waals surface area contributed by atoms with Crippen LogP contribution in [0.4, 0.5) is 10.6 Å². The van der Waals surface area contributed by atoms with Gasteiger partial charge in [-0.2, -0.15) is 0 Å². The SMILES string of the molecule is CCOCc1nc2c(NC(=O)CNC(=O)[C@H](Cc3ccccc3)NC(=O)CNC(=O)CNC(=O)O)nc3ccccc3c2n1CC(C)(C)OCCNC(=O)C(C)(C)NC(=O)CCCCCN1C(=O)C=CC1=O. The monoisotopic (exact) mass is 997 g/mol. The summed E-state index contributed by atoms with van der Waals surface area (Å²) in [5, 5.41) is 27.2. The van der Waals surface area contributed by atoms with Crippen LogP contribution in [0.3, 0.4) is 0 Å². The van der Waals surface area contributed by atoms with Crippen LogP contribution in [0.15, 0.2) is 66.7 Å². The van der Waals surface area contributed by atoms with Crippen LogP contribution in [0.5, 0.6) is 0 Å². The van der Waals surface area contributed by atoms with E-state index in [-0.39, 0.29) is 69.2 Å². The molecule has 0 bridgehead atoms. The van der Waals surface area contributed by atoms with Gasteiger partial charge >= 0.3 is 6.09 Å². The van der Waals surface area contributed by atoms with E-state index >= 15 is 0 Å². The maximum Gasteiger partial charge on any atom is 0.405 e. The van der Waals surface area contributed by atoms with Gasteiger partial charge in [0.05, 0.1) is 49.4 Å². The molecule has 0 saturated carbocycles. The molecule has 1 aliphatic rings. The van der Waals surface area contributed by atoms with Crippen molar-refractivity contribution in [2.24, 2.45) is 0 Å². The maximum absolute atomic E-state index is 13.6. The van der Waals surface area contributed by atoms with Crippen LogP contribution in [-0.4, -0.2) is 141 Å². The molecular formula is C49H63N11O12. The molecule has 72 heavy (non-hydrogen) atoms. The van der Waals surface area contributed by atoms with Crippen LogP contribution in [0.2, 0.25) is 0 Å². The fourth-order valence-corrected chi connectivity index (χ4v) is 7.60. The summed E-state index contributed by atoms with van der Waals surface area (Å²) in [6.45, 7) is 8.44. The van der Waals surface area contributed by atoms with E-state index in [4.69, 9.17) is 24.5 Å². The van der Waals surface area contributed by atoms with E-state index in [1.807, 2.05) is 42.8 Å². The number of para-hydroxylation sites is 1. The molecule has 0 fully saturated rings. The van der Waals surface area contributed by atoms with E-state index in [0.717, 1.165) is 10.3 Å². The number of carbonyl (C=O) groups excluding carboxylic acids is 8. The highest BCUT2D eigenvalue weighted by Gasteiger charge is 2.31. The summed E-state index contributed by atoms with van der Waals surface area (Å²) in [6, 6.07) is 15.0. The van der Waals surface area contributed by atoms with Crippen molar-refractivity contribution in [1.29, 1.82) is 0 Å². The standard InChI is InChI=1S/C49H63N11O12/c1-6-71-29-35-56-42-43(60(35)30-48(2,3)72-24-22-50-46(68)49(4,5)58-36(61)19-11-8-14-23-59-40(65)20-21-41(59)66)32-17-12-13-18-33(32)55-44(42)57-39(64)28-52-45(67)34(25-31-15-9-7-10-16-31)54-38(63)27-51-37(62)26-53-47(69)70/h7,9-10,12-13,15-18,20-21,34,53H,6,8,11,14,19,22-30H2,1-5H3,(H,50,68)(H,51,62)(H,52,67)(H,54,63)(H,58,61)(H,69,70)(H,55,57,64)/t34-/m0/s1. The minimum Gasteiger partial charge on any atom is -0.465 e. The first kappa shape index (κ1) is 55.1. The number of carboxylic acid groups (broad SMARTS) is 1. The third-order valence-corrected chi connectivity index (χ3v) is 11.2. The van der Waals surface area contributed by atoms with E-state index in [0.29, 0.717) is 53.8 Å². The highest BCUT2D eigenvalue weighted by atomic mass is 16.5. The lowest BCUT2D eigenvalue weighted by atomic mass is 10.0. The number of benzene rings is 2. The second-order valence-electron chi connectivity index (χ2n) is 17.9. The molecule has 8 N–H and O–H groups in total. The number of amides is 9. The van der Waals surface area contributed by atoms with E-state index in [1.54, 1.807) is 56.3 Å². The second kappa shape index (κ2) is 25.9. The normalized spacial score (nSPS) is 12.9. The van der Waals surface area contributed by atoms with Crippen LogP contribution >= 0.6 is 0 Å². The minimum absolute atomic E-state index is 0.0481. The first-order chi connectivity index (χ1) is 34.3. The zero-order chi connectivity index (χ0) is 52.4. The Bertz CT molecular complexity index is 2650. The number of hydrogen-bond donors (Lipinski definition) is 8. The van der Waals surface area contributed by atoms with Gasteiger partial charge in [-0.05, 0) is 59.1 Å². The van der Waals surface area contributed by atoms with Gasteiger partial charge in [-0.1, -0.05) is 55.0 Å². The van der Waals surface area contributed by atoms with Crippen molar-refractivity contribution in [2.45, 2.75) is 97.1 Å². The predicted octanol–water partition coefficient (Wildman–Crippen LogP) is 1.58. The van der Waals surface area contributed by atoms with Crippen molar-refractivity contribution in [2.75, 3.05) is 51.3 Å². The fraction of sp³-hybridized carbons (Fsp3) is 0.449. The van der Waals surface area contributed by atoms with E-state index in [9.17, 15) is 43.2 Å². The Morgan fingerprint density at radius 3 is 2.15 bits per heavy atom. The molecule has 0 unspecified atom stereocenters. The Balaban J connectivity index is 1.20. The van der Waals surface area contributed by atoms with Crippen LogP contribution in [0, 0.1) is 0 Å². The molecule has 23 nitrogen and oxygen atoms in total. The zero-order valence-corrected chi connectivity index (χ0v) is 41.1. The number of rotatable bonds is 28. The lowest BCUT2D eigenvalue weighted by Gasteiger charge is -2.28. The van der Waals surface area contributed by atoms with Gasteiger partial charge in [-0.25, -0.2) is 14.8 Å². The van der Waals surface area contributed by atoms with Crippen LogP contribution in [0.1, 0.15) is 71.7 Å². The summed E-state index contributed by atoms with van der Waals surface area (Å²) in [5.74, 6) is -3.59. The number of ether oxygens (including phenoxy) is 2. The van der Waals surface area contributed by atoms with Gasteiger partial charge in [-0.15, -0.1) is 0 Å². The first-order valence-corrected chi connectivity index (χ1v) is 23.5. The number of aromatic nitrogens is 3. The van der Waals surface area contributed by atoms with Gasteiger partial charge in [0.25, 0.3) is 11.8 Å². The number of imidazole rings is 1. The molecule has 0 aliphatic carbocycles. The third kappa shape index (κ3) is 16.4. The molecule has 2 aromatic heterocycles. The summed E-state index contributed by atoms with van der Waals surface area (Å²) in [4.78, 5) is 123. The van der Waals surface area contributed by atoms with Gasteiger partial charge in [0.2, 0.25) is 35.4 Å². The second-order valence-corrected chi connectivity index (χ2v) is 17.9. The zero-order valence-electron chi connectivity index (χ0n) is 41.1. The van der Waals surface area contributed by atoms with Gasteiger partial charge in [-0.3, -0.25) is 43.3 Å². The van der Waals surface area contributed by atoms with Gasteiger partial charge in [0.15, 0.2) is 5.82 Å². The molecule has 4 aromatic rings. The fourth-order valence-electron chi connectivity index (χ4n) is 7.60. The number of nitrogens with zero attached hydrogens (tertiary/aromatic N) is 4. The van der Waals surface area contributed by atoms with Gasteiger partial charge in [0, 0.05) is 50.1 Å². The Kier molecular flexibility index (Phi) is 19.8. The van der Waals surface area contributed by atoms with Crippen LogP contribution in [0.25, 0.3) is 21.9 Å². The molecule has 386 valence electrons. The number of carbonyl (C=O) groups is 9. The molecule has 0 radical (unpaired) electrons. The topological polar surface area (TPSA) is 310 Å². The average Bonchev–Trinajstić information content (AvgIpc) is 3.86. The number of nitrogens with one attached hydrogen (secondary N) is 7. The van der Waals surface area contributed by atoms with Crippen molar-refractivity contribution in [3.63, 3.8) is 0 Å². The Morgan fingerprint density at radius 1 is 0.764 bits per heavy atom. The lowest BCUT2D eigenvalue weighted by Crippen LogP contribution is -2.55. The number of imide groups is 1. The average molecular weight is 998 g/mol. The number of pyridine rings is 1. The minimum atomic E-state index is -1.41. The molecule has 3 heterocycles. The largest absolute Gasteiger partial charge is 0.465 e. The van der Waals surface area contributed by atoms with Crippen LogP contribution < -0.4 is 37.2 Å². The van der Waals surface area contributed by atoms with Crippen molar-refractivity contribution in [1.82, 2.24) is 51.3 Å². The summed E-state index contributed by atoms with van der Waals surface area (Å²) in [6.07, 6.45) is 2.97. The molecule has 2 aromatic carbocycles. The molecule has 1 aliphatic heterocycles. The van der Waals surface area contributed by atoms with Crippen LogP contribution in [-0.2, 0) is 67.4 Å². The maximum atomic E-state index is 13.6. The van der Waals surface area contributed by atoms with Crippen molar-refractivity contribution in [3.8, 4) is 0 Å². The van der Waals surface area contributed by atoms with Crippen molar-refractivity contribution in [3.05, 3.63) is 78.1 Å². The summed E-state index contributed by atoms with van der Waals surface area (Å²) in [7, 11) is 0. The predicted molar refractivity (Wildman–Crippen MR) is 263 cm³/mol. The molecule has 9 amide bonds. The molecule has 0 saturated heterocycles. The molecular weight excluding hydrogens is 935 g/mol. The number of anilines is 1. The summed E-state index contributed by atoms with van der Waals surface area (Å²) < 4.78 is 14.1. The Morgan fingerprint density at radius 2 is 1.44 bits per heavy atom. The summed E-state index contributed by atoms with van der Waals surface area (Å²) in [5.41, 5.74) is 0.128. The molecule has 5 rings (SSSR count). The number of unbranched alkanes of at least 4 members (excludes halogenated alkanes) is 2. The van der Waals surface area contributed by atoms with E-state index < -0.39 is 72.4 Å². The highest BCUT2D eigenvalue weighted by molar-refractivity contribution is 6.13. The van der Waals surface area contributed by atoms with Crippen molar-refractivity contribution < 1.29 is 57.7 Å². The molecule has 1 atom stereocenters. The van der Waals surface area contributed by atoms with E-state index in [2.05, 4.69) is 31.9 Å². The lowest BCUT2D eigenvalue weighted by molar-refractivity contribution is -0.137. The number of fused-ring (bicyclic) bond motifs is 3. The van der Waals surface area contributed by atoms with Gasteiger partial charge in [0.1, 0.15) is 29.5 Å². The first-order valence-electron chi connectivity index (χ1n) is 23.5. The Hall–Kier alpha value is -7.79. The van der Waals surface area contributed by atoms with Crippen molar-refractivity contribution >= 4 is 81.1 Å².